The van der Waals surface area contributed by atoms with Crippen LogP contribution in [0.1, 0.15) is 11.1 Å². The van der Waals surface area contributed by atoms with Crippen LogP contribution in [0.3, 0.4) is 0 Å². The highest BCUT2D eigenvalue weighted by molar-refractivity contribution is 6.11. The zero-order valence-corrected chi connectivity index (χ0v) is 15.1. The molecule has 29 heavy (non-hydrogen) atoms. The molecule has 0 spiro atoms. The van der Waals surface area contributed by atoms with E-state index >= 15 is 0 Å². The fourth-order valence-electron chi connectivity index (χ4n) is 3.28. The standard InChI is InChI=1S/C18H15F3N8/c1-9-6-24-8-27-13(9)12-3-2-10-11(4-5-25-14(10)28-12)17(18(19,20)21)7-26-16(23)29-15(17)22/h2-8,16H,23H2,1H3,(H2,22,29). The van der Waals surface area contributed by atoms with Gasteiger partial charge < -0.3 is 5.73 Å². The number of nitrogens with zero attached hydrogens (tertiary/aromatic N) is 6. The van der Waals surface area contributed by atoms with Gasteiger partial charge in [-0.15, -0.1) is 0 Å². The second-order valence-electron chi connectivity index (χ2n) is 6.49. The first kappa shape index (κ1) is 18.9. The summed E-state index contributed by atoms with van der Waals surface area (Å²) in [6.45, 7) is 1.81. The van der Waals surface area contributed by atoms with E-state index < -0.39 is 23.7 Å². The van der Waals surface area contributed by atoms with Gasteiger partial charge in [-0.3, -0.25) is 10.7 Å². The average Bonchev–Trinajstić information content (AvgIpc) is 2.67. The van der Waals surface area contributed by atoms with Gasteiger partial charge in [0.05, 0.1) is 11.4 Å². The van der Waals surface area contributed by atoms with Crippen molar-refractivity contribution in [2.24, 2.45) is 21.5 Å². The first-order chi connectivity index (χ1) is 13.7. The summed E-state index contributed by atoms with van der Waals surface area (Å²) in [6, 6.07) is 4.31. The zero-order valence-electron chi connectivity index (χ0n) is 15.1. The molecule has 11 heteroatoms. The van der Waals surface area contributed by atoms with Crippen LogP contribution in [0.5, 0.6) is 0 Å². The molecule has 0 saturated carbocycles. The SMILES string of the molecule is Cc1cncnc1-c1ccc2c(C3(C(F)(F)F)C=NC(N)N=C3N)ccnc2n1. The summed E-state index contributed by atoms with van der Waals surface area (Å²) < 4.78 is 42.7. The lowest BCUT2D eigenvalue weighted by molar-refractivity contribution is -0.150. The van der Waals surface area contributed by atoms with Crippen LogP contribution in [0.4, 0.5) is 13.2 Å². The third-order valence-corrected chi connectivity index (χ3v) is 4.71. The summed E-state index contributed by atoms with van der Waals surface area (Å²) in [6.07, 6.45) is -1.04. The predicted octanol–water partition coefficient (Wildman–Crippen LogP) is 1.88. The Balaban J connectivity index is 1.96. The third kappa shape index (κ3) is 2.90. The molecule has 8 nitrogen and oxygen atoms in total. The van der Waals surface area contributed by atoms with E-state index in [1.807, 2.05) is 6.92 Å². The van der Waals surface area contributed by atoms with Crippen LogP contribution in [-0.2, 0) is 5.41 Å². The van der Waals surface area contributed by atoms with Crippen LogP contribution in [0.25, 0.3) is 22.4 Å². The molecule has 0 saturated heterocycles. The molecule has 2 unspecified atom stereocenters. The molecule has 1 aliphatic heterocycles. The molecule has 3 aromatic rings. The van der Waals surface area contributed by atoms with Gasteiger partial charge in [0.25, 0.3) is 0 Å². The molecule has 0 bridgehead atoms. The van der Waals surface area contributed by atoms with E-state index in [2.05, 4.69) is 29.9 Å². The van der Waals surface area contributed by atoms with Gasteiger partial charge in [0.2, 0.25) is 0 Å². The number of amidine groups is 1. The summed E-state index contributed by atoms with van der Waals surface area (Å²) in [5, 5.41) is 0.167. The Morgan fingerprint density at radius 3 is 2.62 bits per heavy atom. The molecular formula is C18H15F3N8. The van der Waals surface area contributed by atoms with Crippen molar-refractivity contribution in [1.82, 2.24) is 19.9 Å². The second kappa shape index (κ2) is 6.55. The van der Waals surface area contributed by atoms with Gasteiger partial charge in [-0.05, 0) is 36.2 Å². The third-order valence-electron chi connectivity index (χ3n) is 4.71. The van der Waals surface area contributed by atoms with Crippen molar-refractivity contribution in [2.75, 3.05) is 0 Å². The first-order valence-electron chi connectivity index (χ1n) is 8.47. The van der Waals surface area contributed by atoms with Crippen molar-refractivity contribution in [2.45, 2.75) is 24.8 Å². The number of halogens is 3. The lowest BCUT2D eigenvalue weighted by Crippen LogP contribution is -2.56. The first-order valence-corrected chi connectivity index (χ1v) is 8.47. The molecule has 0 amide bonds. The number of alkyl halides is 3. The van der Waals surface area contributed by atoms with Crippen molar-refractivity contribution < 1.29 is 13.2 Å². The lowest BCUT2D eigenvalue weighted by atomic mass is 9.77. The molecule has 148 valence electrons. The van der Waals surface area contributed by atoms with Gasteiger partial charge in [-0.25, -0.2) is 24.9 Å². The summed E-state index contributed by atoms with van der Waals surface area (Å²) in [4.78, 5) is 24.0. The number of pyridine rings is 2. The molecular weight excluding hydrogens is 385 g/mol. The molecule has 0 fully saturated rings. The average molecular weight is 400 g/mol. The van der Waals surface area contributed by atoms with Gasteiger partial charge in [0.15, 0.2) is 17.4 Å². The molecule has 3 aromatic heterocycles. The molecule has 2 atom stereocenters. The molecule has 4 rings (SSSR count). The molecule has 0 aliphatic carbocycles. The number of fused-ring (bicyclic) bond motifs is 1. The maximum absolute atomic E-state index is 14.2. The molecule has 0 aromatic carbocycles. The van der Waals surface area contributed by atoms with Crippen LogP contribution in [0.2, 0.25) is 0 Å². The number of aromatic nitrogens is 4. The molecule has 4 heterocycles. The van der Waals surface area contributed by atoms with Crippen LogP contribution < -0.4 is 11.5 Å². The lowest BCUT2D eigenvalue weighted by Gasteiger charge is -2.35. The molecule has 1 aliphatic rings. The number of rotatable bonds is 2. The second-order valence-corrected chi connectivity index (χ2v) is 6.49. The van der Waals surface area contributed by atoms with Crippen molar-refractivity contribution in [3.8, 4) is 11.4 Å². The predicted molar refractivity (Wildman–Crippen MR) is 101 cm³/mol. The highest BCUT2D eigenvalue weighted by Gasteiger charge is 2.60. The minimum absolute atomic E-state index is 0.109. The summed E-state index contributed by atoms with van der Waals surface area (Å²) >= 11 is 0. The zero-order chi connectivity index (χ0) is 20.8. The summed E-state index contributed by atoms with van der Waals surface area (Å²) in [5.41, 5.74) is 10.3. The van der Waals surface area contributed by atoms with Gasteiger partial charge >= 0.3 is 6.18 Å². The van der Waals surface area contributed by atoms with E-state index in [-0.39, 0.29) is 16.6 Å². The van der Waals surface area contributed by atoms with Crippen molar-refractivity contribution in [1.29, 1.82) is 0 Å². The Morgan fingerprint density at radius 2 is 1.93 bits per heavy atom. The number of hydrogen-bond acceptors (Lipinski definition) is 8. The maximum Gasteiger partial charge on any atom is 0.410 e. The highest BCUT2D eigenvalue weighted by Crippen LogP contribution is 2.43. The maximum atomic E-state index is 14.2. The van der Waals surface area contributed by atoms with Crippen LogP contribution in [-0.4, -0.2) is 44.5 Å². The Kier molecular flexibility index (Phi) is 4.26. The fourth-order valence-corrected chi connectivity index (χ4v) is 3.28. The van der Waals surface area contributed by atoms with Crippen molar-refractivity contribution in [3.05, 3.63) is 48.0 Å². The Morgan fingerprint density at radius 1 is 1.14 bits per heavy atom. The quantitative estimate of drug-likeness (QED) is 0.676. The number of nitrogens with two attached hydrogens (primary N) is 2. The van der Waals surface area contributed by atoms with Gasteiger partial charge in [-0.1, -0.05) is 0 Å². The monoisotopic (exact) mass is 400 g/mol. The highest BCUT2D eigenvalue weighted by atomic mass is 19.4. The number of aryl methyl sites for hydroxylation is 1. The van der Waals surface area contributed by atoms with Gasteiger partial charge in [0.1, 0.15) is 12.2 Å². The van der Waals surface area contributed by atoms with Gasteiger partial charge in [-0.2, -0.15) is 13.2 Å². The number of hydrogen-bond donors (Lipinski definition) is 2. The Hall–Kier alpha value is -3.47. The normalized spacial score (nSPS) is 22.0. The minimum atomic E-state index is -4.81. The Labute approximate surface area is 162 Å². The van der Waals surface area contributed by atoms with Crippen LogP contribution >= 0.6 is 0 Å². The molecule has 4 N–H and O–H groups in total. The van der Waals surface area contributed by atoms with E-state index in [9.17, 15) is 13.2 Å². The van der Waals surface area contributed by atoms with Crippen molar-refractivity contribution >= 4 is 23.1 Å². The smallest absolute Gasteiger partial charge is 0.386 e. The number of aliphatic imine (C=N–C) groups is 2. The van der Waals surface area contributed by atoms with Crippen molar-refractivity contribution in [3.63, 3.8) is 0 Å². The largest absolute Gasteiger partial charge is 0.410 e. The van der Waals surface area contributed by atoms with Crippen LogP contribution in [0, 0.1) is 6.92 Å². The Bertz CT molecular complexity index is 1160. The summed E-state index contributed by atoms with van der Waals surface area (Å²) in [5.74, 6) is -0.685. The van der Waals surface area contributed by atoms with E-state index in [0.29, 0.717) is 17.6 Å². The van der Waals surface area contributed by atoms with E-state index in [4.69, 9.17) is 11.5 Å². The van der Waals surface area contributed by atoms with E-state index in [1.165, 1.54) is 24.7 Å². The van der Waals surface area contributed by atoms with Gasteiger partial charge in [0, 0.05) is 24.0 Å². The summed E-state index contributed by atoms with van der Waals surface area (Å²) in [7, 11) is 0. The molecule has 0 radical (unpaired) electrons. The van der Waals surface area contributed by atoms with E-state index in [0.717, 1.165) is 5.56 Å². The van der Waals surface area contributed by atoms with E-state index in [1.54, 1.807) is 12.3 Å². The fraction of sp³-hybridized carbons (Fsp3) is 0.222. The topological polar surface area (TPSA) is 128 Å². The minimum Gasteiger partial charge on any atom is -0.386 e. The van der Waals surface area contributed by atoms with Crippen LogP contribution in [0.15, 0.2) is 46.9 Å².